The van der Waals surface area contributed by atoms with Crippen LogP contribution in [0, 0.1) is 0 Å². The lowest BCUT2D eigenvalue weighted by Gasteiger charge is -2.12. The molecule has 0 atom stereocenters. The van der Waals surface area contributed by atoms with Crippen molar-refractivity contribution in [2.45, 2.75) is 13.3 Å². The highest BCUT2D eigenvalue weighted by atomic mass is 16.5. The summed E-state index contributed by atoms with van der Waals surface area (Å²) in [7, 11) is 0. The Labute approximate surface area is 164 Å². The lowest BCUT2D eigenvalue weighted by Crippen LogP contribution is -2.20. The predicted molar refractivity (Wildman–Crippen MR) is 111 cm³/mol. The number of hydrogen-bond donors (Lipinski definition) is 2. The molecule has 0 unspecified atom stereocenters. The molecule has 0 spiro atoms. The largest absolute Gasteiger partial charge is 0.462 e. The van der Waals surface area contributed by atoms with Crippen LogP contribution in [0.25, 0.3) is 0 Å². The third kappa shape index (κ3) is 5.20. The lowest BCUT2D eigenvalue weighted by atomic mass is 10.0. The van der Waals surface area contributed by atoms with Gasteiger partial charge < -0.3 is 15.4 Å². The molecule has 0 saturated carbocycles. The molecular formula is C23H22N2O3. The summed E-state index contributed by atoms with van der Waals surface area (Å²) in [5, 5.41) is 5.67. The summed E-state index contributed by atoms with van der Waals surface area (Å²) in [6, 6.07) is 24.0. The number of para-hydroxylation sites is 1. The van der Waals surface area contributed by atoms with Crippen LogP contribution in [0.1, 0.15) is 28.4 Å². The van der Waals surface area contributed by atoms with Gasteiger partial charge in [0.15, 0.2) is 0 Å². The molecule has 3 aromatic carbocycles. The average Bonchev–Trinajstić information content (AvgIpc) is 2.71. The van der Waals surface area contributed by atoms with Crippen molar-refractivity contribution in [1.82, 2.24) is 0 Å². The highest BCUT2D eigenvalue weighted by Crippen LogP contribution is 2.20. The van der Waals surface area contributed by atoms with Gasteiger partial charge in [-0.2, -0.15) is 0 Å². The number of ether oxygens (including phenoxy) is 1. The number of benzene rings is 3. The number of rotatable bonds is 6. The van der Waals surface area contributed by atoms with Crippen LogP contribution < -0.4 is 10.6 Å². The van der Waals surface area contributed by atoms with Gasteiger partial charge >= 0.3 is 12.0 Å². The van der Waals surface area contributed by atoms with Gasteiger partial charge in [0.05, 0.1) is 12.2 Å². The van der Waals surface area contributed by atoms with Crippen molar-refractivity contribution in [3.05, 3.63) is 95.6 Å². The van der Waals surface area contributed by atoms with Crippen LogP contribution in [-0.4, -0.2) is 18.6 Å². The number of anilines is 2. The Bertz CT molecular complexity index is 938. The number of nitrogens with one attached hydrogen (secondary N) is 2. The molecule has 0 aromatic heterocycles. The fourth-order valence-electron chi connectivity index (χ4n) is 2.80. The van der Waals surface area contributed by atoms with Gasteiger partial charge in [0.1, 0.15) is 0 Å². The van der Waals surface area contributed by atoms with E-state index in [1.54, 1.807) is 31.2 Å². The van der Waals surface area contributed by atoms with Crippen molar-refractivity contribution in [1.29, 1.82) is 0 Å². The zero-order chi connectivity index (χ0) is 19.8. The van der Waals surface area contributed by atoms with E-state index in [-0.39, 0.29) is 12.0 Å². The van der Waals surface area contributed by atoms with E-state index in [4.69, 9.17) is 4.74 Å². The predicted octanol–water partition coefficient (Wildman–Crippen LogP) is 5.10. The Kier molecular flexibility index (Phi) is 6.41. The van der Waals surface area contributed by atoms with E-state index in [1.807, 2.05) is 42.5 Å². The number of carbonyl (C=O) groups is 2. The second-order valence-electron chi connectivity index (χ2n) is 6.20. The summed E-state index contributed by atoms with van der Waals surface area (Å²) < 4.78 is 4.95. The van der Waals surface area contributed by atoms with E-state index in [1.165, 1.54) is 5.56 Å². The summed E-state index contributed by atoms with van der Waals surface area (Å²) in [4.78, 5) is 24.1. The van der Waals surface area contributed by atoms with Gasteiger partial charge in [-0.25, -0.2) is 9.59 Å². The van der Waals surface area contributed by atoms with Gasteiger partial charge in [-0.3, -0.25) is 0 Å². The molecule has 0 saturated heterocycles. The van der Waals surface area contributed by atoms with Crippen molar-refractivity contribution in [3.63, 3.8) is 0 Å². The van der Waals surface area contributed by atoms with Gasteiger partial charge in [-0.1, -0.05) is 48.5 Å². The normalized spacial score (nSPS) is 10.2. The number of urea groups is 1. The van der Waals surface area contributed by atoms with Crippen LogP contribution in [0.15, 0.2) is 78.9 Å². The van der Waals surface area contributed by atoms with Crippen molar-refractivity contribution < 1.29 is 14.3 Å². The number of amides is 2. The maximum atomic E-state index is 12.4. The topological polar surface area (TPSA) is 67.4 Å². The van der Waals surface area contributed by atoms with Crippen molar-refractivity contribution in [3.8, 4) is 0 Å². The summed E-state index contributed by atoms with van der Waals surface area (Å²) in [6.45, 7) is 2.08. The van der Waals surface area contributed by atoms with E-state index >= 15 is 0 Å². The highest BCUT2D eigenvalue weighted by molar-refractivity contribution is 6.00. The van der Waals surface area contributed by atoms with Crippen LogP contribution in [0.3, 0.4) is 0 Å². The third-order valence-electron chi connectivity index (χ3n) is 4.16. The first kappa shape index (κ1) is 19.2. The Morgan fingerprint density at radius 1 is 0.821 bits per heavy atom. The highest BCUT2D eigenvalue weighted by Gasteiger charge is 2.09. The zero-order valence-corrected chi connectivity index (χ0v) is 15.6. The molecular weight excluding hydrogens is 352 g/mol. The minimum atomic E-state index is -0.381. The SMILES string of the molecule is CCOC(=O)c1ccc(NC(=O)Nc2ccccc2Cc2ccccc2)cc1. The number of esters is 1. The molecule has 0 aliphatic carbocycles. The fraction of sp³-hybridized carbons (Fsp3) is 0.130. The fourth-order valence-corrected chi connectivity index (χ4v) is 2.80. The Morgan fingerprint density at radius 3 is 2.21 bits per heavy atom. The van der Waals surface area contributed by atoms with Crippen LogP contribution >= 0.6 is 0 Å². The second-order valence-corrected chi connectivity index (χ2v) is 6.20. The molecule has 0 heterocycles. The molecule has 5 heteroatoms. The summed E-state index contributed by atoms with van der Waals surface area (Å²) in [5.74, 6) is -0.381. The number of hydrogen-bond acceptors (Lipinski definition) is 3. The van der Waals surface area contributed by atoms with Gasteiger partial charge in [0.2, 0.25) is 0 Å². The number of carbonyl (C=O) groups excluding carboxylic acids is 2. The van der Waals surface area contributed by atoms with Crippen LogP contribution in [0.4, 0.5) is 16.2 Å². The first-order valence-corrected chi connectivity index (χ1v) is 9.12. The molecule has 3 rings (SSSR count). The van der Waals surface area contributed by atoms with E-state index < -0.39 is 0 Å². The monoisotopic (exact) mass is 374 g/mol. The minimum absolute atomic E-state index is 0.323. The van der Waals surface area contributed by atoms with Gasteiger partial charge in [0.25, 0.3) is 0 Å². The molecule has 0 aliphatic rings. The van der Waals surface area contributed by atoms with Crippen molar-refractivity contribution in [2.75, 3.05) is 17.2 Å². The first-order chi connectivity index (χ1) is 13.7. The van der Waals surface area contributed by atoms with Gasteiger partial charge in [0, 0.05) is 11.4 Å². The molecule has 0 fully saturated rings. The second kappa shape index (κ2) is 9.37. The summed E-state index contributed by atoms with van der Waals surface area (Å²) >= 11 is 0. The van der Waals surface area contributed by atoms with E-state index in [0.717, 1.165) is 17.7 Å². The quantitative estimate of drug-likeness (QED) is 0.590. The smallest absolute Gasteiger partial charge is 0.338 e. The van der Waals surface area contributed by atoms with Gasteiger partial charge in [-0.05, 0) is 54.8 Å². The van der Waals surface area contributed by atoms with E-state index in [9.17, 15) is 9.59 Å². The molecule has 3 aromatic rings. The Hall–Kier alpha value is -3.60. The molecule has 2 N–H and O–H groups in total. The van der Waals surface area contributed by atoms with Crippen LogP contribution in [-0.2, 0) is 11.2 Å². The van der Waals surface area contributed by atoms with Crippen LogP contribution in [0.2, 0.25) is 0 Å². The molecule has 5 nitrogen and oxygen atoms in total. The summed E-state index contributed by atoms with van der Waals surface area (Å²) in [5.41, 5.74) is 3.99. The lowest BCUT2D eigenvalue weighted by molar-refractivity contribution is 0.0526. The molecule has 0 radical (unpaired) electrons. The van der Waals surface area contributed by atoms with E-state index in [0.29, 0.717) is 17.9 Å². The standard InChI is InChI=1S/C23H22N2O3/c1-2-28-22(26)18-12-14-20(15-13-18)24-23(27)25-21-11-7-6-10-19(21)16-17-8-4-3-5-9-17/h3-15H,2,16H2,1H3,(H2,24,25,27). The summed E-state index contributed by atoms with van der Waals surface area (Å²) in [6.07, 6.45) is 0.728. The molecule has 28 heavy (non-hydrogen) atoms. The first-order valence-electron chi connectivity index (χ1n) is 9.12. The van der Waals surface area contributed by atoms with Crippen molar-refractivity contribution >= 4 is 23.4 Å². The molecule has 2 amide bonds. The minimum Gasteiger partial charge on any atom is -0.462 e. The maximum Gasteiger partial charge on any atom is 0.338 e. The Balaban J connectivity index is 1.64. The van der Waals surface area contributed by atoms with Crippen molar-refractivity contribution in [2.24, 2.45) is 0 Å². The van der Waals surface area contributed by atoms with Gasteiger partial charge in [-0.15, -0.1) is 0 Å². The maximum absolute atomic E-state index is 12.4. The van der Waals surface area contributed by atoms with Crippen LogP contribution in [0.5, 0.6) is 0 Å². The third-order valence-corrected chi connectivity index (χ3v) is 4.16. The molecule has 0 bridgehead atoms. The van der Waals surface area contributed by atoms with E-state index in [2.05, 4.69) is 22.8 Å². The zero-order valence-electron chi connectivity index (χ0n) is 15.6. The Morgan fingerprint density at radius 2 is 1.50 bits per heavy atom. The molecule has 142 valence electrons. The average molecular weight is 374 g/mol. The molecule has 0 aliphatic heterocycles.